The van der Waals surface area contributed by atoms with Crippen LogP contribution < -0.4 is 20.3 Å². The van der Waals surface area contributed by atoms with E-state index in [0.29, 0.717) is 13.1 Å². The minimum atomic E-state index is -0.213. The highest BCUT2D eigenvalue weighted by molar-refractivity contribution is 5.73. The second-order valence-electron chi connectivity index (χ2n) is 7.35. The Kier molecular flexibility index (Phi) is 6.13. The fourth-order valence-electron chi connectivity index (χ4n) is 3.61. The number of fused-ring (bicyclic) bond motifs is 1. The summed E-state index contributed by atoms with van der Waals surface area (Å²) < 4.78 is 5.20. The standard InChI is InChI=1S/C24H26N4O2/c1-30-22-8-4-5-18(13-22)14-26-24(29)27-16-19-9-10-23(25-15-19)28-12-11-20-6-2-3-7-21(20)17-28/h2-10,13,15H,11-12,14,16-17H2,1H3,(H2,26,27,29). The fraction of sp³-hybridized carbons (Fsp3) is 0.250. The Morgan fingerprint density at radius 1 is 1.00 bits per heavy atom. The number of aromatic nitrogens is 1. The number of nitrogens with one attached hydrogen (secondary N) is 2. The van der Waals surface area contributed by atoms with Gasteiger partial charge in [-0.15, -0.1) is 0 Å². The molecule has 0 aliphatic carbocycles. The Labute approximate surface area is 176 Å². The maximum absolute atomic E-state index is 12.1. The van der Waals surface area contributed by atoms with E-state index in [2.05, 4.69) is 44.8 Å². The van der Waals surface area contributed by atoms with Crippen LogP contribution in [0.3, 0.4) is 0 Å². The van der Waals surface area contributed by atoms with Gasteiger partial charge in [0.15, 0.2) is 0 Å². The molecular weight excluding hydrogens is 376 g/mol. The van der Waals surface area contributed by atoms with Crippen LogP contribution in [0.15, 0.2) is 66.9 Å². The lowest BCUT2D eigenvalue weighted by Crippen LogP contribution is -2.34. The predicted molar refractivity (Wildman–Crippen MR) is 118 cm³/mol. The van der Waals surface area contributed by atoms with Gasteiger partial charge in [-0.05, 0) is 46.9 Å². The number of amides is 2. The molecule has 0 saturated heterocycles. The number of rotatable bonds is 6. The lowest BCUT2D eigenvalue weighted by Gasteiger charge is -2.29. The minimum absolute atomic E-state index is 0.213. The molecular formula is C24H26N4O2. The lowest BCUT2D eigenvalue weighted by molar-refractivity contribution is 0.240. The molecule has 154 valence electrons. The van der Waals surface area contributed by atoms with Gasteiger partial charge in [-0.2, -0.15) is 0 Å². The van der Waals surface area contributed by atoms with Crippen LogP contribution in [0.25, 0.3) is 0 Å². The van der Waals surface area contributed by atoms with Crippen molar-refractivity contribution in [1.29, 1.82) is 0 Å². The number of benzene rings is 2. The molecule has 0 fully saturated rings. The van der Waals surface area contributed by atoms with E-state index in [0.717, 1.165) is 42.2 Å². The maximum Gasteiger partial charge on any atom is 0.315 e. The normalized spacial score (nSPS) is 12.8. The monoisotopic (exact) mass is 402 g/mol. The molecule has 0 bridgehead atoms. The van der Waals surface area contributed by atoms with Crippen LogP contribution in [0.2, 0.25) is 0 Å². The van der Waals surface area contributed by atoms with Crippen molar-refractivity contribution in [2.75, 3.05) is 18.6 Å². The minimum Gasteiger partial charge on any atom is -0.497 e. The number of nitrogens with zero attached hydrogens (tertiary/aromatic N) is 2. The van der Waals surface area contributed by atoms with E-state index in [1.807, 2.05) is 42.6 Å². The summed E-state index contributed by atoms with van der Waals surface area (Å²) in [5.74, 6) is 1.74. The molecule has 1 aromatic heterocycles. The van der Waals surface area contributed by atoms with Crippen molar-refractivity contribution >= 4 is 11.8 Å². The number of pyridine rings is 1. The molecule has 0 atom stereocenters. The van der Waals surface area contributed by atoms with Crippen LogP contribution in [0.4, 0.5) is 10.6 Å². The van der Waals surface area contributed by atoms with Gasteiger partial charge >= 0.3 is 6.03 Å². The van der Waals surface area contributed by atoms with Crippen molar-refractivity contribution in [2.45, 2.75) is 26.1 Å². The van der Waals surface area contributed by atoms with Crippen molar-refractivity contribution in [1.82, 2.24) is 15.6 Å². The van der Waals surface area contributed by atoms with Crippen LogP contribution >= 0.6 is 0 Å². The topological polar surface area (TPSA) is 66.5 Å². The van der Waals surface area contributed by atoms with Crippen molar-refractivity contribution in [3.8, 4) is 5.75 Å². The molecule has 3 aromatic rings. The number of hydrogen-bond donors (Lipinski definition) is 2. The van der Waals surface area contributed by atoms with Crippen LogP contribution in [-0.2, 0) is 26.1 Å². The summed E-state index contributed by atoms with van der Waals surface area (Å²) in [5, 5.41) is 5.73. The molecule has 2 amide bonds. The lowest BCUT2D eigenvalue weighted by atomic mass is 10.00. The van der Waals surface area contributed by atoms with E-state index >= 15 is 0 Å². The third kappa shape index (κ3) is 4.89. The number of anilines is 1. The smallest absolute Gasteiger partial charge is 0.315 e. The number of urea groups is 1. The molecule has 2 aromatic carbocycles. The number of methoxy groups -OCH3 is 1. The average Bonchev–Trinajstić information content (AvgIpc) is 2.81. The van der Waals surface area contributed by atoms with Gasteiger partial charge in [0.2, 0.25) is 0 Å². The Balaban J connectivity index is 1.26. The van der Waals surface area contributed by atoms with E-state index < -0.39 is 0 Å². The summed E-state index contributed by atoms with van der Waals surface area (Å²) in [7, 11) is 1.63. The fourth-order valence-corrected chi connectivity index (χ4v) is 3.61. The van der Waals surface area contributed by atoms with Crippen LogP contribution in [0.5, 0.6) is 5.75 Å². The van der Waals surface area contributed by atoms with Gasteiger partial charge in [-0.25, -0.2) is 9.78 Å². The third-order valence-corrected chi connectivity index (χ3v) is 5.30. The Bertz CT molecular complexity index is 1000. The summed E-state index contributed by atoms with van der Waals surface area (Å²) >= 11 is 0. The van der Waals surface area contributed by atoms with Gasteiger partial charge in [0.1, 0.15) is 11.6 Å². The van der Waals surface area contributed by atoms with Gasteiger partial charge in [0, 0.05) is 32.4 Å². The zero-order chi connectivity index (χ0) is 20.8. The number of carbonyl (C=O) groups is 1. The van der Waals surface area contributed by atoms with E-state index in [1.165, 1.54) is 11.1 Å². The third-order valence-electron chi connectivity index (χ3n) is 5.30. The first-order valence-electron chi connectivity index (χ1n) is 10.1. The molecule has 0 unspecified atom stereocenters. The molecule has 6 nitrogen and oxygen atoms in total. The van der Waals surface area contributed by atoms with Crippen molar-refractivity contribution < 1.29 is 9.53 Å². The zero-order valence-corrected chi connectivity index (χ0v) is 17.1. The van der Waals surface area contributed by atoms with Gasteiger partial charge in [0.05, 0.1) is 7.11 Å². The Hall–Kier alpha value is -3.54. The highest BCUT2D eigenvalue weighted by Crippen LogP contribution is 2.23. The van der Waals surface area contributed by atoms with Crippen molar-refractivity contribution in [3.05, 3.63) is 89.1 Å². The van der Waals surface area contributed by atoms with Crippen LogP contribution in [0.1, 0.15) is 22.3 Å². The van der Waals surface area contributed by atoms with Gasteiger partial charge in [-0.1, -0.05) is 42.5 Å². The molecule has 1 aliphatic heterocycles. The Morgan fingerprint density at radius 2 is 1.80 bits per heavy atom. The SMILES string of the molecule is COc1cccc(CNC(=O)NCc2ccc(N3CCc4ccccc4C3)nc2)c1. The van der Waals surface area contributed by atoms with Crippen LogP contribution in [0, 0.1) is 0 Å². The number of ether oxygens (including phenoxy) is 1. The molecule has 1 aliphatic rings. The number of carbonyl (C=O) groups excluding carboxylic acids is 1. The summed E-state index contributed by atoms with van der Waals surface area (Å²) in [5.41, 5.74) is 4.74. The average molecular weight is 402 g/mol. The highest BCUT2D eigenvalue weighted by Gasteiger charge is 2.16. The Morgan fingerprint density at radius 3 is 2.57 bits per heavy atom. The first-order valence-corrected chi connectivity index (χ1v) is 10.1. The van der Waals surface area contributed by atoms with Gasteiger partial charge in [0.25, 0.3) is 0 Å². The number of hydrogen-bond acceptors (Lipinski definition) is 4. The molecule has 2 N–H and O–H groups in total. The van der Waals surface area contributed by atoms with Crippen molar-refractivity contribution in [3.63, 3.8) is 0 Å². The van der Waals surface area contributed by atoms with E-state index in [4.69, 9.17) is 4.74 Å². The summed E-state index contributed by atoms with van der Waals surface area (Å²) in [4.78, 5) is 19.0. The zero-order valence-electron chi connectivity index (χ0n) is 17.1. The van der Waals surface area contributed by atoms with Crippen LogP contribution in [-0.4, -0.2) is 24.7 Å². The van der Waals surface area contributed by atoms with E-state index in [1.54, 1.807) is 7.11 Å². The van der Waals surface area contributed by atoms with Gasteiger partial charge in [-0.3, -0.25) is 0 Å². The van der Waals surface area contributed by atoms with Gasteiger partial charge < -0.3 is 20.3 Å². The summed E-state index contributed by atoms with van der Waals surface area (Å²) in [6.07, 6.45) is 2.87. The quantitative estimate of drug-likeness (QED) is 0.661. The van der Waals surface area contributed by atoms with E-state index in [-0.39, 0.29) is 6.03 Å². The maximum atomic E-state index is 12.1. The van der Waals surface area contributed by atoms with Crippen molar-refractivity contribution in [2.24, 2.45) is 0 Å². The first kappa shape index (κ1) is 19.8. The largest absolute Gasteiger partial charge is 0.497 e. The molecule has 2 heterocycles. The van der Waals surface area contributed by atoms with E-state index in [9.17, 15) is 4.79 Å². The molecule has 30 heavy (non-hydrogen) atoms. The second kappa shape index (κ2) is 9.31. The summed E-state index contributed by atoms with van der Waals surface area (Å²) in [6, 6.07) is 20.0. The molecule has 0 saturated carbocycles. The predicted octanol–water partition coefficient (Wildman–Crippen LogP) is 3.65. The molecule has 6 heteroatoms. The first-order chi connectivity index (χ1) is 14.7. The highest BCUT2D eigenvalue weighted by atomic mass is 16.5. The molecule has 4 rings (SSSR count). The molecule has 0 radical (unpaired) electrons. The second-order valence-corrected chi connectivity index (χ2v) is 7.35. The molecule has 0 spiro atoms. The summed E-state index contributed by atoms with van der Waals surface area (Å²) in [6.45, 7) is 2.72.